The maximum Gasteiger partial charge on any atom is 0.252 e. The first-order valence-corrected chi connectivity index (χ1v) is 11.1. The molecule has 6 nitrogen and oxygen atoms in total. The van der Waals surface area contributed by atoms with Gasteiger partial charge in [-0.05, 0) is 50.3 Å². The van der Waals surface area contributed by atoms with Crippen molar-refractivity contribution >= 4 is 39.1 Å². The van der Waals surface area contributed by atoms with Gasteiger partial charge in [0.2, 0.25) is 15.9 Å². The largest absolute Gasteiger partial charge is 0.352 e. The summed E-state index contributed by atoms with van der Waals surface area (Å²) in [4.78, 5) is 24.5. The molecule has 8 heteroatoms. The van der Waals surface area contributed by atoms with Crippen LogP contribution in [0.15, 0.2) is 29.8 Å². The summed E-state index contributed by atoms with van der Waals surface area (Å²) in [6.45, 7) is 2.10. The highest BCUT2D eigenvalue weighted by molar-refractivity contribution is 7.94. The van der Waals surface area contributed by atoms with Gasteiger partial charge in [0.05, 0.1) is 27.9 Å². The number of sulfonamides is 1. The predicted octanol–water partition coefficient (Wildman–Crippen LogP) is 3.27. The molecule has 1 fully saturated rings. The lowest BCUT2D eigenvalue weighted by atomic mass is 9.97. The zero-order valence-electron chi connectivity index (χ0n) is 15.2. The van der Waals surface area contributed by atoms with Crippen molar-refractivity contribution in [3.05, 3.63) is 40.4 Å². The molecule has 1 aliphatic carbocycles. The Hall–Kier alpha value is -1.86. The van der Waals surface area contributed by atoms with Crippen LogP contribution in [0.2, 0.25) is 5.02 Å². The van der Waals surface area contributed by atoms with E-state index in [-0.39, 0.29) is 27.9 Å². The number of carbonyl (C=O) groups is 2. The molecule has 0 bridgehead atoms. The van der Waals surface area contributed by atoms with Gasteiger partial charge < -0.3 is 5.32 Å². The van der Waals surface area contributed by atoms with E-state index in [9.17, 15) is 18.0 Å². The minimum Gasteiger partial charge on any atom is -0.352 e. The van der Waals surface area contributed by atoms with Crippen molar-refractivity contribution in [2.45, 2.75) is 39.0 Å². The summed E-state index contributed by atoms with van der Waals surface area (Å²) in [5.41, 5.74) is 1.79. The van der Waals surface area contributed by atoms with E-state index in [1.807, 2.05) is 0 Å². The fraction of sp³-hybridized carbons (Fsp3) is 0.474. The van der Waals surface area contributed by atoms with Gasteiger partial charge in [-0.1, -0.05) is 30.2 Å². The highest BCUT2D eigenvalue weighted by Gasteiger charge is 2.42. The molecule has 1 saturated heterocycles. The highest BCUT2D eigenvalue weighted by Crippen LogP contribution is 2.31. The molecule has 1 atom stereocenters. The molecule has 0 unspecified atom stereocenters. The topological polar surface area (TPSA) is 83.6 Å². The Morgan fingerprint density at radius 1 is 1.33 bits per heavy atom. The summed E-state index contributed by atoms with van der Waals surface area (Å²) in [6.07, 6.45) is 7.68. The van der Waals surface area contributed by atoms with Gasteiger partial charge in [-0.3, -0.25) is 9.59 Å². The lowest BCUT2D eigenvalue weighted by Gasteiger charge is -2.17. The highest BCUT2D eigenvalue weighted by atomic mass is 35.5. The molecule has 146 valence electrons. The van der Waals surface area contributed by atoms with Crippen LogP contribution < -0.4 is 9.62 Å². The number of carbonyl (C=O) groups excluding carboxylic acids is 2. The maximum atomic E-state index is 12.4. The van der Waals surface area contributed by atoms with Crippen LogP contribution in [0.3, 0.4) is 0 Å². The minimum atomic E-state index is -3.70. The molecule has 1 N–H and O–H groups in total. The second kappa shape index (κ2) is 8.02. The average Bonchev–Trinajstić information content (AvgIpc) is 2.82. The van der Waals surface area contributed by atoms with Crippen molar-refractivity contribution in [1.82, 2.24) is 5.32 Å². The van der Waals surface area contributed by atoms with Crippen molar-refractivity contribution < 1.29 is 18.0 Å². The summed E-state index contributed by atoms with van der Waals surface area (Å²) >= 11 is 6.20. The third kappa shape index (κ3) is 4.35. The van der Waals surface area contributed by atoms with Gasteiger partial charge in [-0.2, -0.15) is 0 Å². The number of anilines is 1. The average molecular weight is 411 g/mol. The fourth-order valence-electron chi connectivity index (χ4n) is 3.46. The molecule has 0 radical (unpaired) electrons. The summed E-state index contributed by atoms with van der Waals surface area (Å²) in [7, 11) is -3.70. The van der Waals surface area contributed by atoms with Gasteiger partial charge >= 0.3 is 0 Å². The smallest absolute Gasteiger partial charge is 0.252 e. The Bertz CT molecular complexity index is 895. The molecule has 3 rings (SSSR count). The molecule has 0 aromatic heterocycles. The summed E-state index contributed by atoms with van der Waals surface area (Å²) < 4.78 is 25.1. The van der Waals surface area contributed by atoms with E-state index >= 15 is 0 Å². The Morgan fingerprint density at radius 2 is 2.11 bits per heavy atom. The second-order valence-electron chi connectivity index (χ2n) is 7.06. The first kappa shape index (κ1) is 19.9. The van der Waals surface area contributed by atoms with Gasteiger partial charge in [0.1, 0.15) is 0 Å². The third-order valence-corrected chi connectivity index (χ3v) is 7.09. The molecule has 1 aliphatic heterocycles. The number of amides is 2. The number of nitrogens with zero attached hydrogens (tertiary/aromatic N) is 1. The molecule has 2 amide bonds. The first-order chi connectivity index (χ1) is 12.8. The van der Waals surface area contributed by atoms with E-state index in [1.165, 1.54) is 36.6 Å². The van der Waals surface area contributed by atoms with Crippen LogP contribution in [0.4, 0.5) is 5.69 Å². The van der Waals surface area contributed by atoms with Crippen LogP contribution in [0.5, 0.6) is 0 Å². The van der Waals surface area contributed by atoms with E-state index in [2.05, 4.69) is 11.4 Å². The Labute approximate surface area is 164 Å². The van der Waals surface area contributed by atoms with E-state index in [0.717, 1.165) is 23.6 Å². The monoisotopic (exact) mass is 410 g/mol. The van der Waals surface area contributed by atoms with Crippen LogP contribution in [-0.2, 0) is 14.8 Å². The van der Waals surface area contributed by atoms with Crippen molar-refractivity contribution in [1.29, 1.82) is 0 Å². The van der Waals surface area contributed by atoms with Crippen molar-refractivity contribution in [2.24, 2.45) is 5.92 Å². The number of halogens is 1. The second-order valence-corrected chi connectivity index (χ2v) is 9.33. The number of nitrogens with one attached hydrogen (secondary N) is 1. The lowest BCUT2D eigenvalue weighted by Crippen LogP contribution is -2.30. The van der Waals surface area contributed by atoms with Crippen LogP contribution in [-0.4, -0.2) is 32.5 Å². The molecule has 1 aromatic rings. The third-order valence-electron chi connectivity index (χ3n) is 4.91. The number of rotatable bonds is 5. The number of hydrogen-bond acceptors (Lipinski definition) is 4. The summed E-state index contributed by atoms with van der Waals surface area (Å²) in [6, 6.07) is 4.25. The Kier molecular flexibility index (Phi) is 5.91. The molecule has 0 saturated carbocycles. The van der Waals surface area contributed by atoms with E-state index in [4.69, 9.17) is 11.6 Å². The molecule has 1 heterocycles. The van der Waals surface area contributed by atoms with Crippen molar-refractivity contribution in [3.8, 4) is 0 Å². The Balaban J connectivity index is 1.68. The molecular formula is C19H23ClN2O4S. The van der Waals surface area contributed by atoms with Gasteiger partial charge in [0.25, 0.3) is 5.91 Å². The van der Waals surface area contributed by atoms with Crippen LogP contribution in [0, 0.1) is 5.92 Å². The van der Waals surface area contributed by atoms with Crippen LogP contribution in [0.1, 0.15) is 49.4 Å². The van der Waals surface area contributed by atoms with Crippen LogP contribution in [0.25, 0.3) is 0 Å². The normalized spacial score (nSPS) is 21.9. The zero-order chi connectivity index (χ0) is 19.6. The van der Waals surface area contributed by atoms with E-state index in [0.29, 0.717) is 6.54 Å². The van der Waals surface area contributed by atoms with Gasteiger partial charge in [0.15, 0.2) is 0 Å². The predicted molar refractivity (Wildman–Crippen MR) is 105 cm³/mol. The van der Waals surface area contributed by atoms with Crippen LogP contribution >= 0.6 is 11.6 Å². The number of allylic oxidation sites excluding steroid dienone is 1. The van der Waals surface area contributed by atoms with Gasteiger partial charge in [0, 0.05) is 6.54 Å². The fourth-order valence-corrected chi connectivity index (χ4v) is 5.54. The summed E-state index contributed by atoms with van der Waals surface area (Å²) in [5, 5.41) is 2.96. The summed E-state index contributed by atoms with van der Waals surface area (Å²) in [5.74, 6) is -1.61. The standard InChI is InChI=1S/C19H23ClN2O4S/c1-13-12-27(25,26)22(19(13)24)15-7-8-16(17(20)11-15)18(23)21-10-9-14-5-3-2-4-6-14/h5,7-8,11,13H,2-4,6,9-10,12H2,1H3,(H,21,23)/t13-/m0/s1. The minimum absolute atomic E-state index is 0.115. The molecular weight excluding hydrogens is 388 g/mol. The van der Waals surface area contributed by atoms with Crippen molar-refractivity contribution in [3.63, 3.8) is 0 Å². The lowest BCUT2D eigenvalue weighted by molar-refractivity contribution is -0.119. The molecule has 0 spiro atoms. The Morgan fingerprint density at radius 3 is 2.70 bits per heavy atom. The maximum absolute atomic E-state index is 12.4. The quantitative estimate of drug-likeness (QED) is 0.755. The molecule has 1 aromatic carbocycles. The molecule has 27 heavy (non-hydrogen) atoms. The zero-order valence-corrected chi connectivity index (χ0v) is 16.8. The molecule has 2 aliphatic rings. The number of hydrogen-bond donors (Lipinski definition) is 1. The van der Waals surface area contributed by atoms with E-state index in [1.54, 1.807) is 6.92 Å². The first-order valence-electron chi connectivity index (χ1n) is 9.12. The SMILES string of the molecule is C[C@H]1CS(=O)(=O)N(c2ccc(C(=O)NCCC3=CCCCC3)c(Cl)c2)C1=O. The van der Waals surface area contributed by atoms with Crippen molar-refractivity contribution in [2.75, 3.05) is 16.6 Å². The van der Waals surface area contributed by atoms with E-state index < -0.39 is 21.8 Å². The van der Waals surface area contributed by atoms with Gasteiger partial charge in [-0.15, -0.1) is 0 Å². The van der Waals surface area contributed by atoms with Gasteiger partial charge in [-0.25, -0.2) is 12.7 Å². The number of benzene rings is 1.